The first-order valence-electron chi connectivity index (χ1n) is 7.39. The second kappa shape index (κ2) is 5.51. The summed E-state index contributed by atoms with van der Waals surface area (Å²) in [4.78, 5) is 24.1. The molecule has 2 aromatic rings. The molecule has 0 spiro atoms. The van der Waals surface area contributed by atoms with Gasteiger partial charge in [0, 0.05) is 11.4 Å². The van der Waals surface area contributed by atoms with Crippen molar-refractivity contribution in [3.63, 3.8) is 0 Å². The molecule has 0 radical (unpaired) electrons. The summed E-state index contributed by atoms with van der Waals surface area (Å²) in [5, 5.41) is 10.5. The number of β-amino-alcohol motifs (C(OH)–C–C–N with tert-alkyl or cyclic N) is 1. The predicted octanol–water partition coefficient (Wildman–Crippen LogP) is 2.12. The lowest BCUT2D eigenvalue weighted by Crippen LogP contribution is -2.40. The van der Waals surface area contributed by atoms with E-state index in [9.17, 15) is 9.90 Å². The molecule has 2 aromatic heterocycles. The van der Waals surface area contributed by atoms with Crippen LogP contribution in [0.3, 0.4) is 0 Å². The first kappa shape index (κ1) is 14.7. The molecular weight excluding hydrogens is 286 g/mol. The normalized spacial score (nSPS) is 21.8. The minimum atomic E-state index is -0.275. The summed E-state index contributed by atoms with van der Waals surface area (Å²) in [5.74, 6) is 0.697. The van der Waals surface area contributed by atoms with Gasteiger partial charge in [0.25, 0.3) is 5.56 Å². The third kappa shape index (κ3) is 2.63. The van der Waals surface area contributed by atoms with Crippen LogP contribution in [0, 0.1) is 13.8 Å². The maximum absolute atomic E-state index is 12.3. The number of aromatic amines is 1. The van der Waals surface area contributed by atoms with Crippen LogP contribution >= 0.6 is 11.3 Å². The third-order valence-electron chi connectivity index (χ3n) is 4.43. The molecule has 114 valence electrons. The Hall–Kier alpha value is -1.24. The third-order valence-corrected chi connectivity index (χ3v) is 5.53. The first-order chi connectivity index (χ1) is 9.97. The van der Waals surface area contributed by atoms with Crippen LogP contribution in [0.1, 0.15) is 42.1 Å². The molecule has 0 saturated carbocycles. The van der Waals surface area contributed by atoms with Crippen molar-refractivity contribution in [2.75, 3.05) is 13.1 Å². The van der Waals surface area contributed by atoms with Crippen molar-refractivity contribution >= 4 is 21.6 Å². The van der Waals surface area contributed by atoms with Gasteiger partial charge in [0.1, 0.15) is 10.7 Å². The van der Waals surface area contributed by atoms with E-state index < -0.39 is 0 Å². The van der Waals surface area contributed by atoms with Gasteiger partial charge in [0.2, 0.25) is 0 Å². The van der Waals surface area contributed by atoms with Crippen LogP contribution in [0.5, 0.6) is 0 Å². The summed E-state index contributed by atoms with van der Waals surface area (Å²) >= 11 is 1.57. The van der Waals surface area contributed by atoms with Crippen molar-refractivity contribution in [2.24, 2.45) is 0 Å². The molecule has 0 aromatic carbocycles. The Bertz CT molecular complexity index is 722. The minimum Gasteiger partial charge on any atom is -0.392 e. The average Bonchev–Trinajstić information content (AvgIpc) is 2.73. The van der Waals surface area contributed by atoms with Crippen LogP contribution < -0.4 is 5.56 Å². The number of nitrogens with zero attached hydrogens (tertiary/aromatic N) is 2. The highest BCUT2D eigenvalue weighted by Gasteiger charge is 2.25. The molecule has 3 heterocycles. The second-order valence-corrected chi connectivity index (χ2v) is 7.08. The molecule has 3 rings (SSSR count). The standard InChI is InChI=1S/C15H21N3O2S/c1-8-10(3)21-15-12(8)14(20)16-13(17-15)9(2)18-6-4-5-11(19)7-18/h9,11,19H,4-7H2,1-3H3,(H,16,17,20)/t9-,11-/m0/s1. The molecule has 21 heavy (non-hydrogen) atoms. The molecule has 5 nitrogen and oxygen atoms in total. The van der Waals surface area contributed by atoms with E-state index in [-0.39, 0.29) is 17.7 Å². The molecule has 1 saturated heterocycles. The molecule has 1 aliphatic heterocycles. The molecule has 2 atom stereocenters. The van der Waals surface area contributed by atoms with Crippen molar-refractivity contribution in [2.45, 2.75) is 45.8 Å². The Labute approximate surface area is 127 Å². The summed E-state index contributed by atoms with van der Waals surface area (Å²) in [6, 6.07) is 0.0137. The lowest BCUT2D eigenvalue weighted by atomic mass is 10.1. The van der Waals surface area contributed by atoms with Crippen LogP contribution in [-0.4, -0.2) is 39.2 Å². The zero-order valence-corrected chi connectivity index (χ0v) is 13.5. The number of thiophene rings is 1. The molecule has 1 fully saturated rings. The summed E-state index contributed by atoms with van der Waals surface area (Å²) in [6.07, 6.45) is 1.56. The molecule has 1 aliphatic rings. The van der Waals surface area contributed by atoms with Crippen LogP contribution in [-0.2, 0) is 0 Å². The Morgan fingerprint density at radius 3 is 2.95 bits per heavy atom. The number of hydrogen-bond acceptors (Lipinski definition) is 5. The Morgan fingerprint density at radius 2 is 2.24 bits per heavy atom. The number of hydrogen-bond donors (Lipinski definition) is 2. The number of aromatic nitrogens is 2. The fourth-order valence-electron chi connectivity index (χ4n) is 2.98. The number of nitrogens with one attached hydrogen (secondary N) is 1. The van der Waals surface area contributed by atoms with Gasteiger partial charge in [-0.3, -0.25) is 9.69 Å². The monoisotopic (exact) mass is 307 g/mol. The van der Waals surface area contributed by atoms with E-state index in [1.807, 2.05) is 20.8 Å². The minimum absolute atomic E-state index is 0.0137. The van der Waals surface area contributed by atoms with E-state index in [2.05, 4.69) is 14.9 Å². The van der Waals surface area contributed by atoms with E-state index in [4.69, 9.17) is 0 Å². The lowest BCUT2D eigenvalue weighted by molar-refractivity contribution is 0.0484. The number of piperidine rings is 1. The van der Waals surface area contributed by atoms with E-state index in [0.717, 1.165) is 34.7 Å². The van der Waals surface area contributed by atoms with Crippen LogP contribution in [0.2, 0.25) is 0 Å². The molecule has 0 bridgehead atoms. The molecule has 2 N–H and O–H groups in total. The molecular formula is C15H21N3O2S. The molecule has 0 unspecified atom stereocenters. The number of fused-ring (bicyclic) bond motifs is 1. The van der Waals surface area contributed by atoms with E-state index >= 15 is 0 Å². The maximum Gasteiger partial charge on any atom is 0.259 e. The van der Waals surface area contributed by atoms with Crippen molar-refractivity contribution < 1.29 is 5.11 Å². The number of H-pyrrole nitrogens is 1. The van der Waals surface area contributed by atoms with Crippen molar-refractivity contribution in [3.05, 3.63) is 26.6 Å². The van der Waals surface area contributed by atoms with Gasteiger partial charge in [0.05, 0.1) is 17.5 Å². The summed E-state index contributed by atoms with van der Waals surface area (Å²) in [6.45, 7) is 7.60. The molecule has 6 heteroatoms. The van der Waals surface area contributed by atoms with Crippen LogP contribution in [0.15, 0.2) is 4.79 Å². The van der Waals surface area contributed by atoms with Gasteiger partial charge in [-0.15, -0.1) is 11.3 Å². The average molecular weight is 307 g/mol. The van der Waals surface area contributed by atoms with Gasteiger partial charge in [-0.25, -0.2) is 4.98 Å². The number of aliphatic hydroxyl groups is 1. The fourth-order valence-corrected chi connectivity index (χ4v) is 4.01. The number of likely N-dealkylation sites (tertiary alicyclic amines) is 1. The highest BCUT2D eigenvalue weighted by atomic mass is 32.1. The first-order valence-corrected chi connectivity index (χ1v) is 8.21. The van der Waals surface area contributed by atoms with Crippen molar-refractivity contribution in [1.82, 2.24) is 14.9 Å². The van der Waals surface area contributed by atoms with Gasteiger partial charge in [0.15, 0.2) is 0 Å². The fraction of sp³-hybridized carbons (Fsp3) is 0.600. The lowest BCUT2D eigenvalue weighted by Gasteiger charge is -2.34. The predicted molar refractivity (Wildman–Crippen MR) is 84.9 cm³/mol. The van der Waals surface area contributed by atoms with E-state index in [1.54, 1.807) is 11.3 Å². The van der Waals surface area contributed by atoms with Crippen LogP contribution in [0.4, 0.5) is 0 Å². The van der Waals surface area contributed by atoms with Gasteiger partial charge in [-0.05, 0) is 45.7 Å². The summed E-state index contributed by atoms with van der Waals surface area (Å²) in [5.41, 5.74) is 0.970. The zero-order valence-electron chi connectivity index (χ0n) is 12.6. The number of rotatable bonds is 2. The zero-order chi connectivity index (χ0) is 15.1. The van der Waals surface area contributed by atoms with E-state index in [0.29, 0.717) is 17.8 Å². The van der Waals surface area contributed by atoms with Gasteiger partial charge in [-0.2, -0.15) is 0 Å². The highest BCUT2D eigenvalue weighted by Crippen LogP contribution is 2.28. The Kier molecular flexibility index (Phi) is 3.86. The highest BCUT2D eigenvalue weighted by molar-refractivity contribution is 7.18. The smallest absolute Gasteiger partial charge is 0.259 e. The maximum atomic E-state index is 12.3. The Balaban J connectivity index is 1.98. The summed E-state index contributed by atoms with van der Waals surface area (Å²) < 4.78 is 0. The van der Waals surface area contributed by atoms with Gasteiger partial charge in [-0.1, -0.05) is 0 Å². The molecule has 0 aliphatic carbocycles. The number of aliphatic hydroxyl groups excluding tert-OH is 1. The Morgan fingerprint density at radius 1 is 1.48 bits per heavy atom. The topological polar surface area (TPSA) is 69.2 Å². The largest absolute Gasteiger partial charge is 0.392 e. The quantitative estimate of drug-likeness (QED) is 0.891. The van der Waals surface area contributed by atoms with Crippen molar-refractivity contribution in [1.29, 1.82) is 0 Å². The SMILES string of the molecule is Cc1sc2nc([C@H](C)N3CCC[C@H](O)C3)[nH]c(=O)c2c1C. The second-order valence-electron chi connectivity index (χ2n) is 5.88. The van der Waals surface area contributed by atoms with E-state index in [1.165, 1.54) is 0 Å². The number of aryl methyl sites for hydroxylation is 2. The van der Waals surface area contributed by atoms with Crippen LogP contribution in [0.25, 0.3) is 10.2 Å². The molecule has 0 amide bonds. The van der Waals surface area contributed by atoms with Crippen molar-refractivity contribution in [3.8, 4) is 0 Å². The summed E-state index contributed by atoms with van der Waals surface area (Å²) in [7, 11) is 0. The van der Waals surface area contributed by atoms with Gasteiger partial charge >= 0.3 is 0 Å². The van der Waals surface area contributed by atoms with Gasteiger partial charge < -0.3 is 10.1 Å².